The van der Waals surface area contributed by atoms with Gasteiger partial charge in [0, 0.05) is 11.3 Å². The lowest BCUT2D eigenvalue weighted by molar-refractivity contribution is -0.115. The summed E-state index contributed by atoms with van der Waals surface area (Å²) in [6.07, 6.45) is 7.84. The SMILES string of the molecule is Nc1ccc2c(c1)CCc1nc(NC(=O)Cc3ccc4ccccc4c3)c(CC3CCCC3)nc1-2. The number of nitrogens with two attached hydrogens (primary N) is 1. The third-order valence-electron chi connectivity index (χ3n) is 7.45. The van der Waals surface area contributed by atoms with Crippen LogP contribution in [0.4, 0.5) is 11.5 Å². The number of carbonyl (C=O) groups excluding carboxylic acids is 1. The van der Waals surface area contributed by atoms with Crippen LogP contribution in [0.5, 0.6) is 0 Å². The van der Waals surface area contributed by atoms with Crippen LogP contribution < -0.4 is 11.1 Å². The number of anilines is 2. The zero-order valence-electron chi connectivity index (χ0n) is 19.9. The number of hydrogen-bond donors (Lipinski definition) is 2. The normalized spacial score (nSPS) is 15.1. The second-order valence-electron chi connectivity index (χ2n) is 9.99. The average molecular weight is 463 g/mol. The van der Waals surface area contributed by atoms with Crippen LogP contribution in [0.3, 0.4) is 0 Å². The number of nitrogen functional groups attached to an aromatic ring is 1. The number of nitrogens with one attached hydrogen (secondary N) is 1. The minimum Gasteiger partial charge on any atom is -0.399 e. The Kier molecular flexibility index (Phi) is 5.69. The van der Waals surface area contributed by atoms with Gasteiger partial charge in [-0.15, -0.1) is 0 Å². The second kappa shape index (κ2) is 9.14. The number of aromatic nitrogens is 2. The average Bonchev–Trinajstić information content (AvgIpc) is 3.37. The molecule has 0 radical (unpaired) electrons. The highest BCUT2D eigenvalue weighted by Gasteiger charge is 2.25. The van der Waals surface area contributed by atoms with E-state index < -0.39 is 0 Å². The lowest BCUT2D eigenvalue weighted by atomic mass is 9.91. The molecule has 35 heavy (non-hydrogen) atoms. The van der Waals surface area contributed by atoms with E-state index in [1.807, 2.05) is 24.3 Å². The topological polar surface area (TPSA) is 80.9 Å². The fraction of sp³-hybridized carbons (Fsp3) is 0.300. The van der Waals surface area contributed by atoms with Crippen LogP contribution in [0.1, 0.15) is 48.2 Å². The standard InChI is InChI=1S/C30H30N4O/c31-24-12-13-25-23(18-24)11-14-26-29(25)32-27(16-19-5-1-2-6-19)30(33-26)34-28(35)17-20-9-10-21-7-3-4-8-22(21)15-20/h3-4,7-10,12-13,15,18-19H,1-2,5-6,11,14,16-17,31H2,(H,33,34,35). The maximum atomic E-state index is 13.1. The molecule has 2 aliphatic rings. The Morgan fingerprint density at radius 2 is 1.77 bits per heavy atom. The van der Waals surface area contributed by atoms with Crippen molar-refractivity contribution in [1.29, 1.82) is 0 Å². The summed E-state index contributed by atoms with van der Waals surface area (Å²) in [4.78, 5) is 23.2. The highest BCUT2D eigenvalue weighted by Crippen LogP contribution is 2.36. The van der Waals surface area contributed by atoms with Crippen LogP contribution in [0, 0.1) is 5.92 Å². The lowest BCUT2D eigenvalue weighted by Gasteiger charge is -2.22. The van der Waals surface area contributed by atoms with E-state index in [1.54, 1.807) is 0 Å². The maximum absolute atomic E-state index is 13.1. The van der Waals surface area contributed by atoms with Crippen molar-refractivity contribution in [3.63, 3.8) is 0 Å². The smallest absolute Gasteiger partial charge is 0.229 e. The summed E-state index contributed by atoms with van der Waals surface area (Å²) in [7, 11) is 0. The molecular formula is C30H30N4O. The predicted molar refractivity (Wildman–Crippen MR) is 141 cm³/mol. The van der Waals surface area contributed by atoms with Crippen molar-refractivity contribution in [1.82, 2.24) is 9.97 Å². The van der Waals surface area contributed by atoms with E-state index in [2.05, 4.69) is 41.7 Å². The van der Waals surface area contributed by atoms with Gasteiger partial charge in [0.05, 0.1) is 23.5 Å². The number of amides is 1. The zero-order chi connectivity index (χ0) is 23.8. The Morgan fingerprint density at radius 1 is 0.943 bits per heavy atom. The Bertz CT molecular complexity index is 1420. The van der Waals surface area contributed by atoms with Crippen molar-refractivity contribution in [3.05, 3.63) is 83.2 Å². The minimum atomic E-state index is -0.0498. The van der Waals surface area contributed by atoms with E-state index in [4.69, 9.17) is 15.7 Å². The molecule has 5 heteroatoms. The van der Waals surface area contributed by atoms with Gasteiger partial charge in [0.25, 0.3) is 0 Å². The zero-order valence-corrected chi connectivity index (χ0v) is 19.9. The molecule has 4 aromatic rings. The predicted octanol–water partition coefficient (Wildman–Crippen LogP) is 5.89. The monoisotopic (exact) mass is 462 g/mol. The van der Waals surface area contributed by atoms with Gasteiger partial charge in [0.15, 0.2) is 5.82 Å². The summed E-state index contributed by atoms with van der Waals surface area (Å²) in [5, 5.41) is 5.46. The molecule has 0 atom stereocenters. The third-order valence-corrected chi connectivity index (χ3v) is 7.45. The largest absolute Gasteiger partial charge is 0.399 e. The first kappa shape index (κ1) is 21.8. The molecule has 1 saturated carbocycles. The summed E-state index contributed by atoms with van der Waals surface area (Å²) in [6, 6.07) is 20.5. The first-order valence-electron chi connectivity index (χ1n) is 12.7. The molecule has 0 saturated heterocycles. The van der Waals surface area contributed by atoms with Crippen LogP contribution in [0.25, 0.3) is 22.0 Å². The quantitative estimate of drug-likeness (QED) is 0.362. The van der Waals surface area contributed by atoms with E-state index in [0.717, 1.165) is 58.5 Å². The third kappa shape index (κ3) is 4.51. The number of benzene rings is 3. The molecule has 5 nitrogen and oxygen atoms in total. The maximum Gasteiger partial charge on any atom is 0.229 e. The second-order valence-corrected chi connectivity index (χ2v) is 9.99. The fourth-order valence-corrected chi connectivity index (χ4v) is 5.64. The van der Waals surface area contributed by atoms with Gasteiger partial charge in [-0.3, -0.25) is 4.79 Å². The highest BCUT2D eigenvalue weighted by molar-refractivity contribution is 5.93. The van der Waals surface area contributed by atoms with Gasteiger partial charge in [0.1, 0.15) is 0 Å². The van der Waals surface area contributed by atoms with Crippen molar-refractivity contribution in [2.75, 3.05) is 11.1 Å². The number of carbonyl (C=O) groups is 1. The summed E-state index contributed by atoms with van der Waals surface area (Å²) in [5.74, 6) is 1.19. The molecule has 2 aliphatic carbocycles. The van der Waals surface area contributed by atoms with Gasteiger partial charge in [-0.2, -0.15) is 0 Å². The lowest BCUT2D eigenvalue weighted by Crippen LogP contribution is -2.20. The number of aryl methyl sites for hydroxylation is 2. The molecule has 0 unspecified atom stereocenters. The van der Waals surface area contributed by atoms with Crippen LogP contribution in [0.2, 0.25) is 0 Å². The van der Waals surface area contributed by atoms with Crippen molar-refractivity contribution < 1.29 is 4.79 Å². The van der Waals surface area contributed by atoms with Gasteiger partial charge in [-0.05, 0) is 59.2 Å². The van der Waals surface area contributed by atoms with Crippen LogP contribution in [-0.4, -0.2) is 15.9 Å². The van der Waals surface area contributed by atoms with E-state index in [0.29, 0.717) is 18.2 Å². The summed E-state index contributed by atoms with van der Waals surface area (Å²) >= 11 is 0. The van der Waals surface area contributed by atoms with E-state index in [1.165, 1.54) is 36.6 Å². The molecule has 1 amide bonds. The summed E-state index contributed by atoms with van der Waals surface area (Å²) in [5.41, 5.74) is 13.0. The van der Waals surface area contributed by atoms with Crippen molar-refractivity contribution in [2.24, 2.45) is 5.92 Å². The molecule has 0 bridgehead atoms. The number of hydrogen-bond acceptors (Lipinski definition) is 4. The van der Waals surface area contributed by atoms with E-state index in [9.17, 15) is 4.79 Å². The molecule has 0 spiro atoms. The van der Waals surface area contributed by atoms with E-state index in [-0.39, 0.29) is 5.91 Å². The Morgan fingerprint density at radius 3 is 2.63 bits per heavy atom. The molecule has 0 aliphatic heterocycles. The van der Waals surface area contributed by atoms with Gasteiger partial charge in [-0.25, -0.2) is 9.97 Å². The van der Waals surface area contributed by atoms with Gasteiger partial charge in [0.2, 0.25) is 5.91 Å². The van der Waals surface area contributed by atoms with Crippen LogP contribution in [-0.2, 0) is 30.5 Å². The first-order chi connectivity index (χ1) is 17.1. The molecule has 3 N–H and O–H groups in total. The fourth-order valence-electron chi connectivity index (χ4n) is 5.64. The van der Waals surface area contributed by atoms with Gasteiger partial charge in [-0.1, -0.05) is 74.2 Å². The van der Waals surface area contributed by atoms with Gasteiger partial charge < -0.3 is 11.1 Å². The minimum absolute atomic E-state index is 0.0498. The van der Waals surface area contributed by atoms with E-state index >= 15 is 0 Å². The molecule has 1 heterocycles. The molecule has 3 aromatic carbocycles. The van der Waals surface area contributed by atoms with Crippen molar-refractivity contribution >= 4 is 28.2 Å². The first-order valence-corrected chi connectivity index (χ1v) is 12.7. The molecule has 1 fully saturated rings. The Labute approximate surface area is 205 Å². The van der Waals surface area contributed by atoms with Gasteiger partial charge >= 0.3 is 0 Å². The van der Waals surface area contributed by atoms with Crippen LogP contribution >= 0.6 is 0 Å². The Balaban J connectivity index is 1.30. The molecule has 1 aromatic heterocycles. The number of fused-ring (bicyclic) bond motifs is 4. The van der Waals surface area contributed by atoms with Crippen molar-refractivity contribution in [3.8, 4) is 11.3 Å². The summed E-state index contributed by atoms with van der Waals surface area (Å²) < 4.78 is 0. The highest BCUT2D eigenvalue weighted by atomic mass is 16.1. The number of rotatable bonds is 5. The summed E-state index contributed by atoms with van der Waals surface area (Å²) in [6.45, 7) is 0. The molecular weight excluding hydrogens is 432 g/mol. The van der Waals surface area contributed by atoms with Crippen LogP contribution in [0.15, 0.2) is 60.7 Å². The molecule has 176 valence electrons. The molecule has 6 rings (SSSR count). The Hall–Kier alpha value is -3.73. The number of nitrogens with zero attached hydrogens (tertiary/aromatic N) is 2. The van der Waals surface area contributed by atoms with Crippen molar-refractivity contribution in [2.45, 2.75) is 51.4 Å².